The Morgan fingerprint density at radius 2 is 1.93 bits per heavy atom. The summed E-state index contributed by atoms with van der Waals surface area (Å²) in [7, 11) is -4.63. The lowest BCUT2D eigenvalue weighted by Gasteiger charge is -2.37. The maximum Gasteiger partial charge on any atom is 0.416 e. The number of carbonyl (C=O) groups is 1. The number of carbonyl (C=O) groups excluding carboxylic acids is 1. The molecule has 2 atom stereocenters. The van der Waals surface area contributed by atoms with Gasteiger partial charge in [0.2, 0.25) is 5.78 Å². The highest BCUT2D eigenvalue weighted by molar-refractivity contribution is 7.93. The van der Waals surface area contributed by atoms with Crippen LogP contribution in [0.2, 0.25) is 5.02 Å². The summed E-state index contributed by atoms with van der Waals surface area (Å²) in [5, 5.41) is -2.70. The molecule has 0 N–H and O–H groups in total. The van der Waals surface area contributed by atoms with Crippen LogP contribution in [-0.2, 0) is 20.8 Å². The number of fused-ring (bicyclic) bond motifs is 1. The minimum Gasteiger partial charge on any atom is -0.291 e. The average Bonchev–Trinajstić information content (AvgIpc) is 2.61. The van der Waals surface area contributed by atoms with Crippen molar-refractivity contribution in [1.82, 2.24) is 9.97 Å². The first kappa shape index (κ1) is 20.3. The lowest BCUT2D eigenvalue weighted by Crippen LogP contribution is -2.46. The first-order valence-electron chi connectivity index (χ1n) is 7.85. The summed E-state index contributed by atoms with van der Waals surface area (Å²) in [6.07, 6.45) is 2.32. The Bertz CT molecular complexity index is 1130. The van der Waals surface area contributed by atoms with Gasteiger partial charge < -0.3 is 0 Å². The first-order valence-corrected chi connectivity index (χ1v) is 9.77. The van der Waals surface area contributed by atoms with Crippen molar-refractivity contribution in [3.05, 3.63) is 58.1 Å². The van der Waals surface area contributed by atoms with Gasteiger partial charge >= 0.3 is 6.18 Å². The van der Waals surface area contributed by atoms with E-state index in [9.17, 15) is 26.4 Å². The van der Waals surface area contributed by atoms with Crippen molar-refractivity contribution in [3.8, 4) is 12.3 Å². The number of hydrogen-bond donors (Lipinski definition) is 0. The summed E-state index contributed by atoms with van der Waals surface area (Å²) in [4.78, 5) is 20.8. The molecule has 5 nitrogen and oxygen atoms in total. The normalized spacial score (nSPS) is 23.7. The molecular formula is C18H12ClF3N2O3S. The monoisotopic (exact) mass is 428 g/mol. The third-order valence-electron chi connectivity index (χ3n) is 4.67. The van der Waals surface area contributed by atoms with Crippen LogP contribution < -0.4 is 0 Å². The predicted octanol–water partition coefficient (Wildman–Crippen LogP) is 3.74. The number of halogens is 4. The molecule has 1 aliphatic rings. The molecule has 0 fully saturated rings. The van der Waals surface area contributed by atoms with Crippen LogP contribution in [0.4, 0.5) is 13.2 Å². The number of Topliss-reactive ketones (excluding diaryl/α,β-unsaturated/α-hetero) is 1. The Morgan fingerprint density at radius 1 is 1.29 bits per heavy atom. The molecule has 146 valence electrons. The van der Waals surface area contributed by atoms with E-state index in [1.165, 1.54) is 13.1 Å². The van der Waals surface area contributed by atoms with Crippen molar-refractivity contribution in [3.63, 3.8) is 0 Å². The van der Waals surface area contributed by atoms with Crippen molar-refractivity contribution in [2.45, 2.75) is 29.5 Å². The molecule has 1 aliphatic heterocycles. The summed E-state index contributed by atoms with van der Waals surface area (Å²) in [5.41, 5.74) is -2.67. The highest BCUT2D eigenvalue weighted by Crippen LogP contribution is 2.51. The lowest BCUT2D eigenvalue weighted by molar-refractivity contribution is -0.138. The van der Waals surface area contributed by atoms with Crippen LogP contribution in [0.5, 0.6) is 0 Å². The quantitative estimate of drug-likeness (QED) is 0.681. The number of rotatable bonds is 2. The Labute approximate surface area is 163 Å². The molecule has 2 aromatic rings. The van der Waals surface area contributed by atoms with Crippen LogP contribution in [0.1, 0.15) is 45.9 Å². The number of nitrogens with zero attached hydrogens (tertiary/aromatic N) is 2. The van der Waals surface area contributed by atoms with Gasteiger partial charge in [-0.3, -0.25) is 9.78 Å². The highest BCUT2D eigenvalue weighted by Gasteiger charge is 2.58. The molecular weight excluding hydrogens is 417 g/mol. The summed E-state index contributed by atoms with van der Waals surface area (Å²) in [6, 6.07) is 2.80. The van der Waals surface area contributed by atoms with E-state index in [0.717, 1.165) is 18.3 Å². The summed E-state index contributed by atoms with van der Waals surface area (Å²) >= 11 is 5.97. The molecule has 2 heterocycles. The third kappa shape index (κ3) is 2.79. The second-order valence-electron chi connectivity index (χ2n) is 6.35. The second kappa shape index (κ2) is 6.57. The molecule has 0 saturated heterocycles. The number of benzene rings is 1. The fourth-order valence-electron chi connectivity index (χ4n) is 3.28. The van der Waals surface area contributed by atoms with Gasteiger partial charge in [0.15, 0.2) is 15.1 Å². The van der Waals surface area contributed by atoms with Gasteiger partial charge in [0.1, 0.15) is 10.4 Å². The Hall–Kier alpha value is -2.44. The molecule has 0 aliphatic carbocycles. The molecule has 3 rings (SSSR count). The number of ketones is 1. The van der Waals surface area contributed by atoms with E-state index in [2.05, 4.69) is 15.9 Å². The molecule has 1 aromatic carbocycles. The molecule has 0 bridgehead atoms. The Kier molecular flexibility index (Phi) is 4.76. The highest BCUT2D eigenvalue weighted by atomic mass is 35.5. The van der Waals surface area contributed by atoms with E-state index >= 15 is 0 Å². The van der Waals surface area contributed by atoms with Gasteiger partial charge in [0.05, 0.1) is 11.3 Å². The van der Waals surface area contributed by atoms with Crippen LogP contribution in [0.25, 0.3) is 0 Å². The smallest absolute Gasteiger partial charge is 0.291 e. The number of sulfone groups is 1. The largest absolute Gasteiger partial charge is 0.416 e. The Balaban J connectivity index is 2.43. The van der Waals surface area contributed by atoms with Gasteiger partial charge in [0, 0.05) is 29.4 Å². The van der Waals surface area contributed by atoms with Crippen LogP contribution in [0, 0.1) is 12.3 Å². The summed E-state index contributed by atoms with van der Waals surface area (Å²) < 4.78 is 65.6. The number of hydrogen-bond acceptors (Lipinski definition) is 5. The predicted molar refractivity (Wildman–Crippen MR) is 95.3 cm³/mol. The molecule has 0 radical (unpaired) electrons. The molecule has 0 amide bonds. The Morgan fingerprint density at radius 3 is 2.54 bits per heavy atom. The minimum absolute atomic E-state index is 0.185. The maximum absolute atomic E-state index is 13.6. The van der Waals surface area contributed by atoms with E-state index in [1.54, 1.807) is 0 Å². The van der Waals surface area contributed by atoms with E-state index < -0.39 is 54.4 Å². The molecule has 0 spiro atoms. The van der Waals surface area contributed by atoms with Crippen molar-refractivity contribution < 1.29 is 26.4 Å². The van der Waals surface area contributed by atoms with Crippen molar-refractivity contribution in [1.29, 1.82) is 0 Å². The van der Waals surface area contributed by atoms with E-state index in [4.69, 9.17) is 18.0 Å². The van der Waals surface area contributed by atoms with Crippen molar-refractivity contribution in [2.24, 2.45) is 0 Å². The van der Waals surface area contributed by atoms with Crippen LogP contribution >= 0.6 is 11.6 Å². The van der Waals surface area contributed by atoms with Crippen molar-refractivity contribution in [2.75, 3.05) is 0 Å². The maximum atomic E-state index is 13.6. The zero-order chi connectivity index (χ0) is 20.9. The molecule has 10 heteroatoms. The first-order chi connectivity index (χ1) is 13.0. The fraction of sp³-hybridized carbons (Fsp3) is 0.278. The van der Waals surface area contributed by atoms with E-state index in [0.29, 0.717) is 6.07 Å². The standard InChI is InChI=1S/C18H12ClF3N2O3S/c1-3-7-17(2)16-13(23-8-9-24-16)14(25)15(28(17,26)27)12-10(18(20,21)22)5-4-6-11(12)19/h1,4-6,8-9,15H,7H2,2H3. The second-order valence-corrected chi connectivity index (χ2v) is 9.22. The van der Waals surface area contributed by atoms with Crippen molar-refractivity contribution >= 4 is 27.2 Å². The number of terminal acetylenes is 1. The van der Waals surface area contributed by atoms with Gasteiger partial charge in [-0.25, -0.2) is 13.4 Å². The van der Waals surface area contributed by atoms with Gasteiger partial charge in [0.25, 0.3) is 0 Å². The van der Waals surface area contributed by atoms with Crippen LogP contribution in [0.15, 0.2) is 30.6 Å². The molecule has 2 unspecified atom stereocenters. The molecule has 28 heavy (non-hydrogen) atoms. The van der Waals surface area contributed by atoms with Gasteiger partial charge in [-0.05, 0) is 19.1 Å². The van der Waals surface area contributed by atoms with Crippen LogP contribution in [0.3, 0.4) is 0 Å². The molecule has 1 aromatic heterocycles. The molecule has 0 saturated carbocycles. The third-order valence-corrected chi connectivity index (χ3v) is 7.66. The minimum atomic E-state index is -4.93. The van der Waals surface area contributed by atoms with E-state index in [1.807, 2.05) is 0 Å². The zero-order valence-corrected chi connectivity index (χ0v) is 15.9. The van der Waals surface area contributed by atoms with Gasteiger partial charge in [-0.15, -0.1) is 12.3 Å². The summed E-state index contributed by atoms with van der Waals surface area (Å²) in [6.45, 7) is 1.22. The summed E-state index contributed by atoms with van der Waals surface area (Å²) in [5.74, 6) is 1.08. The average molecular weight is 429 g/mol. The lowest BCUT2D eigenvalue weighted by atomic mass is 9.93. The van der Waals surface area contributed by atoms with Gasteiger partial charge in [-0.1, -0.05) is 17.7 Å². The zero-order valence-electron chi connectivity index (χ0n) is 14.3. The van der Waals surface area contributed by atoms with Gasteiger partial charge in [-0.2, -0.15) is 13.2 Å². The number of aromatic nitrogens is 2. The fourth-order valence-corrected chi connectivity index (χ4v) is 5.81. The van der Waals surface area contributed by atoms with E-state index in [-0.39, 0.29) is 11.4 Å². The topological polar surface area (TPSA) is 77.0 Å². The SMILES string of the molecule is C#CCC1(C)c2nccnc2C(=O)C(c2c(Cl)cccc2C(F)(F)F)S1(=O)=O. The number of alkyl halides is 3. The van der Waals surface area contributed by atoms with Crippen LogP contribution in [-0.4, -0.2) is 24.2 Å².